The average molecular weight is 467 g/mol. The summed E-state index contributed by atoms with van der Waals surface area (Å²) in [5.74, 6) is 0.0128. The molecule has 0 unspecified atom stereocenters. The van der Waals surface area contributed by atoms with Crippen molar-refractivity contribution in [3.05, 3.63) is 120 Å². The first-order valence-electron chi connectivity index (χ1n) is 11.3. The molecule has 0 spiro atoms. The maximum absolute atomic E-state index is 12.7. The van der Waals surface area contributed by atoms with Gasteiger partial charge in [0.2, 0.25) is 0 Å². The van der Waals surface area contributed by atoms with Gasteiger partial charge in [0.05, 0.1) is 5.56 Å². The molecule has 6 heteroatoms. The molecule has 0 aliphatic heterocycles. The number of hydrogen-bond acceptors (Lipinski definition) is 4. The first kappa shape index (κ1) is 23.6. The maximum Gasteiger partial charge on any atom is 0.279 e. The van der Waals surface area contributed by atoms with Crippen LogP contribution in [0.2, 0.25) is 0 Å². The van der Waals surface area contributed by atoms with Gasteiger partial charge < -0.3 is 9.47 Å². The number of ether oxygens (including phenoxy) is 2. The van der Waals surface area contributed by atoms with E-state index in [0.717, 1.165) is 16.7 Å². The standard InChI is InChI=1S/C29H26N2O4/c1-21(35-25-18-16-24(17-19-25)23-12-6-3-7-13-23)28(32)30-31-29(33)26-14-8-9-15-27(26)34-20-22-10-4-2-5-11-22/h2-19,21H,20H2,1H3,(H,30,32)(H,31,33)/t21-/m0/s1. The summed E-state index contributed by atoms with van der Waals surface area (Å²) in [7, 11) is 0. The van der Waals surface area contributed by atoms with Gasteiger partial charge in [0.25, 0.3) is 11.8 Å². The highest BCUT2D eigenvalue weighted by molar-refractivity contribution is 5.98. The minimum Gasteiger partial charge on any atom is -0.488 e. The normalized spacial score (nSPS) is 11.2. The molecule has 0 bridgehead atoms. The molecule has 0 heterocycles. The van der Waals surface area contributed by atoms with Gasteiger partial charge >= 0.3 is 0 Å². The van der Waals surface area contributed by atoms with Gasteiger partial charge in [0, 0.05) is 0 Å². The fraction of sp³-hybridized carbons (Fsp3) is 0.103. The zero-order chi connectivity index (χ0) is 24.5. The van der Waals surface area contributed by atoms with Crippen LogP contribution in [-0.2, 0) is 11.4 Å². The third kappa shape index (κ3) is 6.48. The van der Waals surface area contributed by atoms with E-state index in [4.69, 9.17) is 9.47 Å². The Balaban J connectivity index is 1.30. The van der Waals surface area contributed by atoms with E-state index in [2.05, 4.69) is 10.9 Å². The van der Waals surface area contributed by atoms with E-state index in [1.54, 1.807) is 31.2 Å². The van der Waals surface area contributed by atoms with Gasteiger partial charge in [0.15, 0.2) is 6.10 Å². The van der Waals surface area contributed by atoms with Crippen LogP contribution in [0.4, 0.5) is 0 Å². The summed E-state index contributed by atoms with van der Waals surface area (Å²) in [5.41, 5.74) is 8.30. The van der Waals surface area contributed by atoms with Crippen molar-refractivity contribution in [2.24, 2.45) is 0 Å². The SMILES string of the molecule is C[C@H](Oc1ccc(-c2ccccc2)cc1)C(=O)NNC(=O)c1ccccc1OCc1ccccc1. The monoisotopic (exact) mass is 466 g/mol. The van der Waals surface area contributed by atoms with Gasteiger partial charge in [-0.3, -0.25) is 20.4 Å². The number of para-hydroxylation sites is 1. The zero-order valence-electron chi connectivity index (χ0n) is 19.3. The molecule has 0 aliphatic carbocycles. The number of nitrogens with one attached hydrogen (secondary N) is 2. The summed E-state index contributed by atoms with van der Waals surface area (Å²) < 4.78 is 11.5. The highest BCUT2D eigenvalue weighted by Crippen LogP contribution is 2.23. The number of amides is 2. The van der Waals surface area contributed by atoms with Gasteiger partial charge in [0.1, 0.15) is 18.1 Å². The molecule has 0 aliphatic rings. The van der Waals surface area contributed by atoms with Gasteiger partial charge in [-0.2, -0.15) is 0 Å². The summed E-state index contributed by atoms with van der Waals surface area (Å²) in [6, 6.07) is 34.0. The Morgan fingerprint density at radius 1 is 0.714 bits per heavy atom. The Kier molecular flexibility index (Phi) is 7.76. The molecule has 6 nitrogen and oxygen atoms in total. The smallest absolute Gasteiger partial charge is 0.279 e. The summed E-state index contributed by atoms with van der Waals surface area (Å²) >= 11 is 0. The first-order chi connectivity index (χ1) is 17.1. The molecule has 0 radical (unpaired) electrons. The average Bonchev–Trinajstić information content (AvgIpc) is 2.92. The second kappa shape index (κ2) is 11.5. The number of hydrazine groups is 1. The molecule has 2 amide bonds. The number of benzene rings is 4. The third-order valence-electron chi connectivity index (χ3n) is 5.31. The van der Waals surface area contributed by atoms with Crippen LogP contribution in [0.15, 0.2) is 109 Å². The van der Waals surface area contributed by atoms with Crippen molar-refractivity contribution >= 4 is 11.8 Å². The molecule has 1 atom stereocenters. The van der Waals surface area contributed by atoms with Crippen molar-refractivity contribution in [3.8, 4) is 22.6 Å². The van der Waals surface area contributed by atoms with E-state index in [9.17, 15) is 9.59 Å². The third-order valence-corrected chi connectivity index (χ3v) is 5.31. The van der Waals surface area contributed by atoms with Crippen molar-refractivity contribution in [1.29, 1.82) is 0 Å². The Labute approximate surface area is 204 Å². The van der Waals surface area contributed by atoms with Crippen molar-refractivity contribution in [2.45, 2.75) is 19.6 Å². The van der Waals surface area contributed by atoms with E-state index in [-0.39, 0.29) is 0 Å². The molecule has 4 rings (SSSR count). The van der Waals surface area contributed by atoms with Gasteiger partial charge in [-0.05, 0) is 47.9 Å². The zero-order valence-corrected chi connectivity index (χ0v) is 19.3. The highest BCUT2D eigenvalue weighted by atomic mass is 16.5. The van der Waals surface area contributed by atoms with Crippen molar-refractivity contribution in [1.82, 2.24) is 10.9 Å². The molecule has 176 valence electrons. The summed E-state index contributed by atoms with van der Waals surface area (Å²) in [6.45, 7) is 1.94. The highest BCUT2D eigenvalue weighted by Gasteiger charge is 2.18. The van der Waals surface area contributed by atoms with E-state index in [0.29, 0.717) is 23.7 Å². The van der Waals surface area contributed by atoms with Crippen LogP contribution in [0.25, 0.3) is 11.1 Å². The Morgan fingerprint density at radius 2 is 1.31 bits per heavy atom. The van der Waals surface area contributed by atoms with Crippen LogP contribution >= 0.6 is 0 Å². The number of rotatable bonds is 8. The molecular weight excluding hydrogens is 440 g/mol. The molecule has 2 N–H and O–H groups in total. The van der Waals surface area contributed by atoms with Crippen LogP contribution in [0.5, 0.6) is 11.5 Å². The minimum atomic E-state index is -0.817. The Hall–Kier alpha value is -4.58. The van der Waals surface area contributed by atoms with Crippen molar-refractivity contribution in [3.63, 3.8) is 0 Å². The molecular formula is C29H26N2O4. The van der Waals surface area contributed by atoms with Crippen LogP contribution in [0.1, 0.15) is 22.8 Å². The van der Waals surface area contributed by atoms with E-state index in [1.807, 2.05) is 84.9 Å². The largest absolute Gasteiger partial charge is 0.488 e. The lowest BCUT2D eigenvalue weighted by Crippen LogP contribution is -2.47. The fourth-order valence-electron chi connectivity index (χ4n) is 3.42. The lowest BCUT2D eigenvalue weighted by molar-refractivity contribution is -0.128. The summed E-state index contributed by atoms with van der Waals surface area (Å²) in [4.78, 5) is 25.2. The lowest BCUT2D eigenvalue weighted by atomic mass is 10.1. The van der Waals surface area contributed by atoms with Crippen LogP contribution in [0, 0.1) is 0 Å². The summed E-state index contributed by atoms with van der Waals surface area (Å²) in [5, 5.41) is 0. The van der Waals surface area contributed by atoms with Gasteiger partial charge in [-0.1, -0.05) is 84.9 Å². The number of hydrogen-bond donors (Lipinski definition) is 2. The van der Waals surface area contributed by atoms with E-state index >= 15 is 0 Å². The number of carbonyl (C=O) groups excluding carboxylic acids is 2. The van der Waals surface area contributed by atoms with E-state index in [1.165, 1.54) is 0 Å². The summed E-state index contributed by atoms with van der Waals surface area (Å²) in [6.07, 6.45) is -0.817. The molecule has 4 aromatic carbocycles. The molecule has 0 saturated heterocycles. The van der Waals surface area contributed by atoms with Crippen LogP contribution in [0.3, 0.4) is 0 Å². The Bertz CT molecular complexity index is 1260. The first-order valence-corrected chi connectivity index (χ1v) is 11.3. The second-order valence-electron chi connectivity index (χ2n) is 7.86. The van der Waals surface area contributed by atoms with Gasteiger partial charge in [-0.15, -0.1) is 0 Å². The second-order valence-corrected chi connectivity index (χ2v) is 7.86. The van der Waals surface area contributed by atoms with Crippen LogP contribution in [-0.4, -0.2) is 17.9 Å². The quantitative estimate of drug-likeness (QED) is 0.352. The van der Waals surface area contributed by atoms with Crippen molar-refractivity contribution < 1.29 is 19.1 Å². The molecule has 0 fully saturated rings. The lowest BCUT2D eigenvalue weighted by Gasteiger charge is -2.16. The molecule has 0 aromatic heterocycles. The van der Waals surface area contributed by atoms with E-state index < -0.39 is 17.9 Å². The maximum atomic E-state index is 12.7. The van der Waals surface area contributed by atoms with Crippen molar-refractivity contribution in [2.75, 3.05) is 0 Å². The minimum absolute atomic E-state index is 0.314. The Morgan fingerprint density at radius 3 is 2.03 bits per heavy atom. The number of carbonyl (C=O) groups is 2. The van der Waals surface area contributed by atoms with Crippen LogP contribution < -0.4 is 20.3 Å². The predicted octanol–water partition coefficient (Wildman–Crippen LogP) is 5.16. The topological polar surface area (TPSA) is 76.7 Å². The molecule has 35 heavy (non-hydrogen) atoms. The molecule has 4 aromatic rings. The predicted molar refractivity (Wildman–Crippen MR) is 135 cm³/mol. The van der Waals surface area contributed by atoms with Gasteiger partial charge in [-0.25, -0.2) is 0 Å². The fourth-order valence-corrected chi connectivity index (χ4v) is 3.42. The molecule has 0 saturated carbocycles.